The van der Waals surface area contributed by atoms with Gasteiger partial charge in [-0.2, -0.15) is 52.7 Å². The highest BCUT2D eigenvalue weighted by Gasteiger charge is 2.73. The average Bonchev–Trinajstić information content (AvgIpc) is 3.15. The molecule has 0 radical (unpaired) electrons. The van der Waals surface area contributed by atoms with Crippen LogP contribution in [-0.2, 0) is 10.8 Å². The van der Waals surface area contributed by atoms with Crippen LogP contribution in [0.4, 0.5) is 52.7 Å². The molecule has 0 unspecified atom stereocenters. The molecule has 0 saturated carbocycles. The smallest absolute Gasteiger partial charge is 0.411 e. The summed E-state index contributed by atoms with van der Waals surface area (Å²) >= 11 is 0. The second-order valence-electron chi connectivity index (χ2n) is 14.1. The molecule has 62 heavy (non-hydrogen) atoms. The van der Waals surface area contributed by atoms with Crippen LogP contribution in [-0.4, -0.2) is 24.7 Å². The van der Waals surface area contributed by atoms with Crippen LogP contribution in [0.2, 0.25) is 0 Å². The van der Waals surface area contributed by atoms with Crippen LogP contribution in [0.15, 0.2) is 146 Å². The zero-order valence-corrected chi connectivity index (χ0v) is 32.2. The van der Waals surface area contributed by atoms with Gasteiger partial charge in [-0.15, -0.1) is 0 Å². The minimum Gasteiger partial charge on any atom is -0.457 e. The molecule has 0 N–H and O–H groups in total. The third-order valence-electron chi connectivity index (χ3n) is 9.76. The van der Waals surface area contributed by atoms with Gasteiger partial charge in [0.2, 0.25) is 10.8 Å². The van der Waals surface area contributed by atoms with Crippen LogP contribution in [0.3, 0.4) is 0 Å². The zero-order chi connectivity index (χ0) is 44.3. The molecular weight excluding hydrogens is 837 g/mol. The van der Waals surface area contributed by atoms with Gasteiger partial charge in [0.15, 0.2) is 0 Å². The highest BCUT2D eigenvalue weighted by Crippen LogP contribution is 2.58. The van der Waals surface area contributed by atoms with Gasteiger partial charge in [0.05, 0.1) is 0 Å². The Morgan fingerprint density at radius 3 is 0.581 bits per heavy atom. The Labute approximate surface area is 352 Å². The first kappa shape index (κ1) is 50.4. The van der Waals surface area contributed by atoms with Gasteiger partial charge in [-0.25, -0.2) is 0 Å². The molecule has 0 fully saturated rings. The van der Waals surface area contributed by atoms with E-state index in [2.05, 4.69) is 0 Å². The SMILES string of the molecule is C.C.Cc1ccc(C(c2ccc(C)cc2)(C(F)(F)F)C(F)(F)F)cc1.Cc1ccc(Oc2ccc(C(c3ccc(Oc4ccc(C)cc4)cc3)(C(F)(F)F)C(F)(F)F)cc2)cc1. The largest absolute Gasteiger partial charge is 0.457 e. The van der Waals surface area contributed by atoms with Gasteiger partial charge in [-0.3, -0.25) is 0 Å². The lowest BCUT2D eigenvalue weighted by Gasteiger charge is -2.38. The van der Waals surface area contributed by atoms with Crippen LogP contribution in [0.25, 0.3) is 0 Å². The second-order valence-corrected chi connectivity index (χ2v) is 14.1. The minimum absolute atomic E-state index is 0. The summed E-state index contributed by atoms with van der Waals surface area (Å²) in [7, 11) is 0. The molecule has 0 bridgehead atoms. The van der Waals surface area contributed by atoms with Crippen molar-refractivity contribution < 1.29 is 62.2 Å². The molecule has 6 aromatic carbocycles. The number of aryl methyl sites for hydroxylation is 4. The molecule has 6 rings (SSSR count). The standard InChI is InChI=1S/C29H22F6O2.C17H14F6.2CH4/c1-19-3-11-23(12-4-19)36-25-15-7-21(8-16-25)27(28(30,31)32,29(33,34)35)22-9-17-26(18-10-22)37-24-13-5-20(2)6-14-24;1-11-3-7-13(8-4-11)15(16(18,19)20,17(21,22)23)14-9-5-12(2)6-10-14;;/h3-18H,1-2H3;3-10H,1-2H3;2*1H4. The first-order valence-corrected chi connectivity index (χ1v) is 18.0. The fourth-order valence-electron chi connectivity index (χ4n) is 6.60. The first-order valence-electron chi connectivity index (χ1n) is 18.0. The molecule has 0 aliphatic carbocycles. The number of ether oxygens (including phenoxy) is 2. The number of hydrogen-bond donors (Lipinski definition) is 0. The van der Waals surface area contributed by atoms with Crippen molar-refractivity contribution in [3.63, 3.8) is 0 Å². The van der Waals surface area contributed by atoms with Crippen molar-refractivity contribution in [3.05, 3.63) is 190 Å². The van der Waals surface area contributed by atoms with E-state index >= 15 is 0 Å². The molecule has 0 aliphatic rings. The Morgan fingerprint density at radius 2 is 0.403 bits per heavy atom. The van der Waals surface area contributed by atoms with E-state index in [1.54, 1.807) is 62.4 Å². The molecule has 0 atom stereocenters. The van der Waals surface area contributed by atoms with Crippen molar-refractivity contribution >= 4 is 0 Å². The maximum atomic E-state index is 14.4. The third-order valence-corrected chi connectivity index (χ3v) is 9.76. The highest BCUT2D eigenvalue weighted by atomic mass is 19.4. The number of benzene rings is 6. The maximum absolute atomic E-state index is 14.4. The Bertz CT molecular complexity index is 2140. The highest BCUT2D eigenvalue weighted by molar-refractivity contribution is 5.49. The van der Waals surface area contributed by atoms with Gasteiger partial charge < -0.3 is 9.47 Å². The van der Waals surface area contributed by atoms with Crippen LogP contribution >= 0.6 is 0 Å². The molecule has 0 spiro atoms. The van der Waals surface area contributed by atoms with Gasteiger partial charge in [-0.1, -0.05) is 134 Å². The van der Waals surface area contributed by atoms with Crippen LogP contribution < -0.4 is 9.47 Å². The van der Waals surface area contributed by atoms with E-state index in [-0.39, 0.29) is 26.4 Å². The first-order chi connectivity index (χ1) is 27.9. The zero-order valence-electron chi connectivity index (χ0n) is 32.2. The number of rotatable bonds is 8. The summed E-state index contributed by atoms with van der Waals surface area (Å²) in [6.07, 6.45) is -22.4. The van der Waals surface area contributed by atoms with E-state index in [1.807, 2.05) is 13.8 Å². The van der Waals surface area contributed by atoms with E-state index in [0.717, 1.165) is 83.9 Å². The molecule has 0 heterocycles. The van der Waals surface area contributed by atoms with Crippen LogP contribution in [0.5, 0.6) is 23.0 Å². The van der Waals surface area contributed by atoms with Crippen molar-refractivity contribution in [2.24, 2.45) is 0 Å². The number of alkyl halides is 12. The van der Waals surface area contributed by atoms with Gasteiger partial charge in [0.25, 0.3) is 0 Å². The van der Waals surface area contributed by atoms with Crippen molar-refractivity contribution in [1.82, 2.24) is 0 Å². The predicted octanol–water partition coefficient (Wildman–Crippen LogP) is 16.3. The minimum atomic E-state index is -5.69. The van der Waals surface area contributed by atoms with Gasteiger partial charge >= 0.3 is 24.7 Å². The quantitative estimate of drug-likeness (QED) is 0.142. The summed E-state index contributed by atoms with van der Waals surface area (Å²) in [6.45, 7) is 6.93. The van der Waals surface area contributed by atoms with E-state index in [0.29, 0.717) is 22.6 Å². The third kappa shape index (κ3) is 10.2. The number of hydrogen-bond acceptors (Lipinski definition) is 2. The van der Waals surface area contributed by atoms with Gasteiger partial charge in [0.1, 0.15) is 23.0 Å². The van der Waals surface area contributed by atoms with E-state index in [9.17, 15) is 52.7 Å². The summed E-state index contributed by atoms with van der Waals surface area (Å²) < 4.78 is 180. The van der Waals surface area contributed by atoms with Crippen molar-refractivity contribution in [2.75, 3.05) is 0 Å². The second kappa shape index (κ2) is 19.0. The van der Waals surface area contributed by atoms with Crippen LogP contribution in [0.1, 0.15) is 59.4 Å². The Kier molecular flexibility index (Phi) is 15.5. The molecule has 0 amide bonds. The molecule has 0 saturated heterocycles. The Hall–Kier alpha value is -5.92. The fraction of sp³-hybridized carbons (Fsp3) is 0.250. The topological polar surface area (TPSA) is 18.5 Å². The summed E-state index contributed by atoms with van der Waals surface area (Å²) in [5, 5.41) is 0. The fourth-order valence-corrected chi connectivity index (χ4v) is 6.60. The lowest BCUT2D eigenvalue weighted by molar-refractivity contribution is -0.290. The van der Waals surface area contributed by atoms with E-state index in [4.69, 9.17) is 9.47 Å². The maximum Gasteiger partial charge on any atom is 0.411 e. The molecule has 6 aromatic rings. The molecule has 2 nitrogen and oxygen atoms in total. The van der Waals surface area contributed by atoms with Crippen molar-refractivity contribution in [3.8, 4) is 23.0 Å². The normalized spacial score (nSPS) is 12.3. The van der Waals surface area contributed by atoms with E-state index < -0.39 is 57.8 Å². The lowest BCUT2D eigenvalue weighted by atomic mass is 9.72. The summed E-state index contributed by atoms with van der Waals surface area (Å²) in [6, 6.07) is 29.8. The van der Waals surface area contributed by atoms with Crippen LogP contribution in [0, 0.1) is 27.7 Å². The molecule has 0 aromatic heterocycles. The molecule has 0 aliphatic heterocycles. The summed E-state index contributed by atoms with van der Waals surface area (Å²) in [5.74, 6) is 1.02. The summed E-state index contributed by atoms with van der Waals surface area (Å²) in [5.41, 5.74) is -8.85. The Balaban J connectivity index is 0.000000354. The van der Waals surface area contributed by atoms with Crippen molar-refractivity contribution in [1.29, 1.82) is 0 Å². The lowest BCUT2D eigenvalue weighted by Crippen LogP contribution is -2.54. The molecule has 14 heteroatoms. The van der Waals surface area contributed by atoms with Gasteiger partial charge in [-0.05, 0) is 98.5 Å². The van der Waals surface area contributed by atoms with Gasteiger partial charge in [0, 0.05) is 0 Å². The van der Waals surface area contributed by atoms with E-state index in [1.165, 1.54) is 24.3 Å². The Morgan fingerprint density at radius 1 is 0.258 bits per heavy atom. The summed E-state index contributed by atoms with van der Waals surface area (Å²) in [4.78, 5) is 0. The average molecular weight is 881 g/mol. The number of halogens is 12. The monoisotopic (exact) mass is 880 g/mol. The predicted molar refractivity (Wildman–Crippen MR) is 217 cm³/mol. The molecular formula is C48H44F12O2. The molecule has 332 valence electrons. The van der Waals surface area contributed by atoms with Crippen molar-refractivity contribution in [2.45, 2.75) is 78.1 Å².